The molecule has 0 heterocycles. The fraction of sp³-hybridized carbons (Fsp3) is 0. The Kier molecular flexibility index (Phi) is 4.12. The second-order valence-corrected chi connectivity index (χ2v) is 5.83. The summed E-state index contributed by atoms with van der Waals surface area (Å²) in [5.41, 5.74) is 1.11. The average Bonchev–Trinajstić information content (AvgIpc) is 2.55. The summed E-state index contributed by atoms with van der Waals surface area (Å²) < 4.78 is 0.914. The highest BCUT2D eigenvalue weighted by atomic mass is 79.9. The van der Waals surface area contributed by atoms with Gasteiger partial charge in [-0.1, -0.05) is 46.3 Å². The van der Waals surface area contributed by atoms with E-state index in [0.717, 1.165) is 15.2 Å². The molecule has 0 bridgehead atoms. The molecule has 1 amide bonds. The SMILES string of the molecule is O=C(O)c1cccc(NC(=O)c2cccc3c(Br)cccc23)c1. The number of benzene rings is 3. The predicted molar refractivity (Wildman–Crippen MR) is 93.0 cm³/mol. The number of anilines is 1. The van der Waals surface area contributed by atoms with Crippen molar-refractivity contribution in [2.45, 2.75) is 0 Å². The van der Waals surface area contributed by atoms with Crippen molar-refractivity contribution in [1.82, 2.24) is 0 Å². The lowest BCUT2D eigenvalue weighted by molar-refractivity contribution is 0.0696. The van der Waals surface area contributed by atoms with Crippen molar-refractivity contribution in [3.63, 3.8) is 0 Å². The zero-order valence-corrected chi connectivity index (χ0v) is 13.5. The van der Waals surface area contributed by atoms with E-state index in [1.807, 2.05) is 30.3 Å². The lowest BCUT2D eigenvalue weighted by atomic mass is 10.0. The monoisotopic (exact) mass is 369 g/mol. The molecule has 0 atom stereocenters. The molecule has 0 saturated carbocycles. The molecule has 5 heteroatoms. The fourth-order valence-corrected chi connectivity index (χ4v) is 2.90. The van der Waals surface area contributed by atoms with Crippen molar-refractivity contribution in [2.24, 2.45) is 0 Å². The first-order valence-electron chi connectivity index (χ1n) is 6.88. The van der Waals surface area contributed by atoms with Gasteiger partial charge in [-0.2, -0.15) is 0 Å². The quantitative estimate of drug-likeness (QED) is 0.711. The zero-order chi connectivity index (χ0) is 16.4. The molecule has 0 aliphatic rings. The third-order valence-electron chi connectivity index (χ3n) is 3.48. The number of carboxylic acid groups (broad SMARTS) is 1. The van der Waals surface area contributed by atoms with Crippen LogP contribution < -0.4 is 5.32 Å². The molecule has 0 fully saturated rings. The van der Waals surface area contributed by atoms with Crippen LogP contribution in [0.2, 0.25) is 0 Å². The second-order valence-electron chi connectivity index (χ2n) is 4.98. The zero-order valence-electron chi connectivity index (χ0n) is 11.9. The van der Waals surface area contributed by atoms with Gasteiger partial charge in [-0.15, -0.1) is 0 Å². The van der Waals surface area contributed by atoms with Gasteiger partial charge in [0, 0.05) is 15.7 Å². The summed E-state index contributed by atoms with van der Waals surface area (Å²) in [6.07, 6.45) is 0. The van der Waals surface area contributed by atoms with Crippen LogP contribution in [0.4, 0.5) is 5.69 Å². The van der Waals surface area contributed by atoms with Gasteiger partial charge in [0.1, 0.15) is 0 Å². The molecule has 0 aliphatic heterocycles. The van der Waals surface area contributed by atoms with E-state index in [2.05, 4.69) is 21.2 Å². The van der Waals surface area contributed by atoms with Crippen LogP contribution in [-0.2, 0) is 0 Å². The molecular formula is C18H12BrNO3. The van der Waals surface area contributed by atoms with Crippen LogP contribution in [0.15, 0.2) is 65.1 Å². The fourth-order valence-electron chi connectivity index (χ4n) is 2.40. The number of rotatable bonds is 3. The van der Waals surface area contributed by atoms with E-state index >= 15 is 0 Å². The first kappa shape index (κ1) is 15.2. The molecule has 4 nitrogen and oxygen atoms in total. The highest BCUT2D eigenvalue weighted by Gasteiger charge is 2.12. The minimum Gasteiger partial charge on any atom is -0.478 e. The Labute approximate surface area is 140 Å². The number of fused-ring (bicyclic) bond motifs is 1. The lowest BCUT2D eigenvalue weighted by Gasteiger charge is -2.09. The van der Waals surface area contributed by atoms with Gasteiger partial charge in [0.15, 0.2) is 0 Å². The van der Waals surface area contributed by atoms with Crippen molar-refractivity contribution in [3.8, 4) is 0 Å². The Bertz CT molecular complexity index is 921. The van der Waals surface area contributed by atoms with Crippen molar-refractivity contribution >= 4 is 44.3 Å². The summed E-state index contributed by atoms with van der Waals surface area (Å²) in [5, 5.41) is 13.5. The summed E-state index contributed by atoms with van der Waals surface area (Å²) in [5.74, 6) is -1.31. The molecular weight excluding hydrogens is 358 g/mol. The third kappa shape index (κ3) is 3.10. The number of halogens is 1. The number of nitrogens with one attached hydrogen (secondary N) is 1. The normalized spacial score (nSPS) is 10.5. The minimum absolute atomic E-state index is 0.128. The summed E-state index contributed by atoms with van der Waals surface area (Å²) in [6, 6.07) is 17.3. The molecule has 0 saturated heterocycles. The minimum atomic E-state index is -1.03. The standard InChI is InChI=1S/C18H12BrNO3/c19-16-9-3-6-13-14(16)7-2-8-15(13)17(21)20-12-5-1-4-11(10-12)18(22)23/h1-10H,(H,20,21)(H,22,23). The highest BCUT2D eigenvalue weighted by molar-refractivity contribution is 9.10. The number of carboxylic acids is 1. The van der Waals surface area contributed by atoms with Crippen LogP contribution in [0.1, 0.15) is 20.7 Å². The third-order valence-corrected chi connectivity index (χ3v) is 4.17. The van der Waals surface area contributed by atoms with E-state index in [-0.39, 0.29) is 11.5 Å². The summed E-state index contributed by atoms with van der Waals surface area (Å²) in [7, 11) is 0. The van der Waals surface area contributed by atoms with E-state index in [1.54, 1.807) is 18.2 Å². The van der Waals surface area contributed by atoms with Crippen molar-refractivity contribution < 1.29 is 14.7 Å². The molecule has 3 aromatic carbocycles. The van der Waals surface area contributed by atoms with Crippen LogP contribution in [0, 0.1) is 0 Å². The lowest BCUT2D eigenvalue weighted by Crippen LogP contribution is -2.13. The molecule has 0 aliphatic carbocycles. The molecule has 3 rings (SSSR count). The maximum absolute atomic E-state index is 12.5. The molecule has 23 heavy (non-hydrogen) atoms. The Morgan fingerprint density at radius 1 is 0.913 bits per heavy atom. The van der Waals surface area contributed by atoms with Crippen molar-refractivity contribution in [2.75, 3.05) is 5.32 Å². The summed E-state index contributed by atoms with van der Waals surface area (Å²) in [6.45, 7) is 0. The average molecular weight is 370 g/mol. The molecule has 0 aromatic heterocycles. The maximum Gasteiger partial charge on any atom is 0.335 e. The Balaban J connectivity index is 1.97. The smallest absolute Gasteiger partial charge is 0.335 e. The number of carbonyl (C=O) groups is 2. The van der Waals surface area contributed by atoms with Crippen LogP contribution in [0.25, 0.3) is 10.8 Å². The second kappa shape index (κ2) is 6.22. The van der Waals surface area contributed by atoms with E-state index in [4.69, 9.17) is 5.11 Å². The van der Waals surface area contributed by atoms with Gasteiger partial charge in [-0.25, -0.2) is 4.79 Å². The van der Waals surface area contributed by atoms with Crippen molar-refractivity contribution in [3.05, 3.63) is 76.3 Å². The van der Waals surface area contributed by atoms with Crippen molar-refractivity contribution in [1.29, 1.82) is 0 Å². The van der Waals surface area contributed by atoms with E-state index in [1.165, 1.54) is 12.1 Å². The number of aromatic carboxylic acids is 1. The van der Waals surface area contributed by atoms with E-state index < -0.39 is 5.97 Å². The molecule has 114 valence electrons. The van der Waals surface area contributed by atoms with Gasteiger partial charge in [-0.3, -0.25) is 4.79 Å². The number of carbonyl (C=O) groups excluding carboxylic acids is 1. The van der Waals surface area contributed by atoms with Crippen LogP contribution in [-0.4, -0.2) is 17.0 Å². The summed E-state index contributed by atoms with van der Waals surface area (Å²) >= 11 is 3.48. The van der Waals surface area contributed by atoms with Gasteiger partial charge in [0.05, 0.1) is 5.56 Å². The number of hydrogen-bond acceptors (Lipinski definition) is 2. The first-order chi connectivity index (χ1) is 11.1. The number of amides is 1. The number of hydrogen-bond donors (Lipinski definition) is 2. The van der Waals surface area contributed by atoms with Gasteiger partial charge in [-0.05, 0) is 41.1 Å². The predicted octanol–water partition coefficient (Wildman–Crippen LogP) is 4.55. The molecule has 0 radical (unpaired) electrons. The largest absolute Gasteiger partial charge is 0.478 e. The van der Waals surface area contributed by atoms with Crippen LogP contribution in [0.5, 0.6) is 0 Å². The highest BCUT2D eigenvalue weighted by Crippen LogP contribution is 2.27. The first-order valence-corrected chi connectivity index (χ1v) is 7.67. The van der Waals surface area contributed by atoms with E-state index in [0.29, 0.717) is 11.3 Å². The summed E-state index contributed by atoms with van der Waals surface area (Å²) in [4.78, 5) is 23.5. The van der Waals surface area contributed by atoms with Gasteiger partial charge in [0.25, 0.3) is 5.91 Å². The Morgan fingerprint density at radius 2 is 1.61 bits per heavy atom. The molecule has 0 spiro atoms. The van der Waals surface area contributed by atoms with E-state index in [9.17, 15) is 9.59 Å². The molecule has 3 aromatic rings. The van der Waals surface area contributed by atoms with Crippen LogP contribution in [0.3, 0.4) is 0 Å². The Hall–Kier alpha value is -2.66. The molecule has 2 N–H and O–H groups in total. The van der Waals surface area contributed by atoms with Gasteiger partial charge in [0.2, 0.25) is 0 Å². The van der Waals surface area contributed by atoms with Gasteiger partial charge < -0.3 is 10.4 Å². The molecule has 0 unspecified atom stereocenters. The topological polar surface area (TPSA) is 66.4 Å². The maximum atomic E-state index is 12.5. The Morgan fingerprint density at radius 3 is 2.39 bits per heavy atom. The van der Waals surface area contributed by atoms with Crippen LogP contribution >= 0.6 is 15.9 Å². The van der Waals surface area contributed by atoms with Gasteiger partial charge >= 0.3 is 5.97 Å².